The number of amides is 2. The SMILES string of the molecule is CC1(C(=O)O)CCN(C(=O)N2CCC(c3ccc(C(OCc4c(F)cccc4F)(C(F)(F)F)C(F)(F)F)cc3)(S(=O)(=O)c3ccc(F)cc3)C2)CC1. The Kier molecular flexibility index (Phi) is 10.2. The Morgan fingerprint density at radius 3 is 1.81 bits per heavy atom. The van der Waals surface area contributed by atoms with Gasteiger partial charge in [0.25, 0.3) is 5.60 Å². The van der Waals surface area contributed by atoms with Crippen molar-refractivity contribution in [2.24, 2.45) is 5.41 Å². The number of ether oxygens (including phenoxy) is 1. The molecule has 2 aliphatic rings. The van der Waals surface area contributed by atoms with E-state index in [2.05, 4.69) is 4.74 Å². The lowest BCUT2D eigenvalue weighted by atomic mass is 9.80. The number of carbonyl (C=O) groups excluding carboxylic acids is 1. The molecule has 3 aromatic carbocycles. The molecule has 1 N–H and O–H groups in total. The second kappa shape index (κ2) is 13.6. The fourth-order valence-corrected chi connectivity index (χ4v) is 8.67. The van der Waals surface area contributed by atoms with Crippen molar-refractivity contribution in [3.63, 3.8) is 0 Å². The van der Waals surface area contributed by atoms with Crippen molar-refractivity contribution < 1.29 is 67.4 Å². The highest BCUT2D eigenvalue weighted by Gasteiger charge is 2.73. The molecule has 18 heteroatoms. The number of benzene rings is 3. The molecule has 0 bridgehead atoms. The zero-order valence-electron chi connectivity index (χ0n) is 27.2. The first-order valence-corrected chi connectivity index (χ1v) is 17.2. The second-order valence-electron chi connectivity index (χ2n) is 13.0. The lowest BCUT2D eigenvalue weighted by Crippen LogP contribution is -2.56. The number of urea groups is 1. The van der Waals surface area contributed by atoms with Crippen molar-refractivity contribution in [2.75, 3.05) is 26.2 Å². The minimum Gasteiger partial charge on any atom is -0.481 e. The fourth-order valence-electron chi connectivity index (χ4n) is 6.59. The van der Waals surface area contributed by atoms with E-state index >= 15 is 0 Å². The van der Waals surface area contributed by atoms with E-state index in [-0.39, 0.29) is 44.5 Å². The maximum absolute atomic E-state index is 14.5. The standard InChI is InChI=1S/C34H31F9N2O6S/c1-30(28(46)47)13-16-44(17-14-30)29(48)45-18-15-31(20-45,52(49,50)24-11-9-23(35)10-12-24)21-5-7-22(8-6-21)32(33(38,39)40,34(41,42)43)51-19-25-26(36)3-2-4-27(25)37/h2-12H,13-20H2,1H3,(H,46,47). The number of carbonyl (C=O) groups is 2. The van der Waals surface area contributed by atoms with Crippen LogP contribution in [0.2, 0.25) is 0 Å². The number of halogens is 9. The molecule has 1 unspecified atom stereocenters. The highest BCUT2D eigenvalue weighted by atomic mass is 32.2. The van der Waals surface area contributed by atoms with Crippen LogP contribution in [-0.2, 0) is 36.3 Å². The van der Waals surface area contributed by atoms with Crippen molar-refractivity contribution in [2.45, 2.75) is 60.4 Å². The zero-order valence-corrected chi connectivity index (χ0v) is 28.0. The number of carboxylic acids is 1. The Bertz CT molecular complexity index is 1890. The van der Waals surface area contributed by atoms with Crippen molar-refractivity contribution in [3.8, 4) is 0 Å². The predicted octanol–water partition coefficient (Wildman–Crippen LogP) is 7.32. The van der Waals surface area contributed by atoms with Gasteiger partial charge in [-0.3, -0.25) is 4.79 Å². The molecular formula is C34H31F9N2O6S. The van der Waals surface area contributed by atoms with Crippen LogP contribution in [0.25, 0.3) is 0 Å². The molecule has 0 radical (unpaired) electrons. The molecule has 5 rings (SSSR count). The first kappa shape index (κ1) is 38.9. The molecule has 8 nitrogen and oxygen atoms in total. The van der Waals surface area contributed by atoms with Crippen LogP contribution in [0.4, 0.5) is 44.3 Å². The number of nitrogens with zero attached hydrogens (tertiary/aromatic N) is 2. The lowest BCUT2D eigenvalue weighted by molar-refractivity contribution is -0.392. The van der Waals surface area contributed by atoms with Crippen LogP contribution in [0.5, 0.6) is 0 Å². The van der Waals surface area contributed by atoms with E-state index in [1.807, 2.05) is 0 Å². The number of likely N-dealkylation sites (tertiary alicyclic amines) is 2. The molecular weight excluding hydrogens is 735 g/mol. The van der Waals surface area contributed by atoms with E-state index in [1.54, 1.807) is 0 Å². The van der Waals surface area contributed by atoms with Gasteiger partial charge in [-0.2, -0.15) is 26.3 Å². The Hall–Kier alpha value is -4.32. The molecule has 2 amide bonds. The summed E-state index contributed by atoms with van der Waals surface area (Å²) < 4.78 is 160. The van der Waals surface area contributed by atoms with E-state index in [0.29, 0.717) is 36.4 Å². The van der Waals surface area contributed by atoms with Crippen LogP contribution in [0.15, 0.2) is 71.6 Å². The van der Waals surface area contributed by atoms with Gasteiger partial charge >= 0.3 is 24.4 Å². The summed E-state index contributed by atoms with van der Waals surface area (Å²) >= 11 is 0. The Balaban J connectivity index is 1.56. The Morgan fingerprint density at radius 1 is 0.788 bits per heavy atom. The van der Waals surface area contributed by atoms with Gasteiger partial charge in [0.2, 0.25) is 0 Å². The van der Waals surface area contributed by atoms with Gasteiger partial charge in [0.05, 0.1) is 16.9 Å². The average Bonchev–Trinajstić information content (AvgIpc) is 3.53. The summed E-state index contributed by atoms with van der Waals surface area (Å²) in [6, 6.07) is 7.07. The third-order valence-electron chi connectivity index (χ3n) is 9.91. The molecule has 0 aliphatic carbocycles. The van der Waals surface area contributed by atoms with E-state index in [1.165, 1.54) is 11.8 Å². The summed E-state index contributed by atoms with van der Waals surface area (Å²) in [5.41, 5.74) is -9.33. The highest BCUT2D eigenvalue weighted by molar-refractivity contribution is 7.92. The third-order valence-corrected chi connectivity index (χ3v) is 12.4. The molecule has 0 spiro atoms. The van der Waals surface area contributed by atoms with Gasteiger partial charge in [-0.05, 0) is 68.1 Å². The van der Waals surface area contributed by atoms with Crippen LogP contribution in [-0.4, -0.2) is 73.9 Å². The third kappa shape index (κ3) is 6.58. The molecule has 1 atom stereocenters. The molecule has 2 heterocycles. The number of piperidine rings is 1. The molecule has 282 valence electrons. The number of carboxylic acid groups (broad SMARTS) is 1. The summed E-state index contributed by atoms with van der Waals surface area (Å²) in [7, 11) is -4.67. The first-order valence-electron chi connectivity index (χ1n) is 15.7. The molecule has 0 saturated carbocycles. The summed E-state index contributed by atoms with van der Waals surface area (Å²) in [4.78, 5) is 27.3. The minimum atomic E-state index is -6.26. The number of hydrogen-bond acceptors (Lipinski definition) is 5. The van der Waals surface area contributed by atoms with E-state index < -0.39 is 96.6 Å². The smallest absolute Gasteiger partial charge is 0.430 e. The predicted molar refractivity (Wildman–Crippen MR) is 165 cm³/mol. The van der Waals surface area contributed by atoms with Crippen LogP contribution >= 0.6 is 0 Å². The van der Waals surface area contributed by atoms with E-state index in [0.717, 1.165) is 35.2 Å². The van der Waals surface area contributed by atoms with Crippen molar-refractivity contribution in [1.82, 2.24) is 9.80 Å². The molecule has 2 saturated heterocycles. The fraction of sp³-hybridized carbons (Fsp3) is 0.412. The van der Waals surface area contributed by atoms with Crippen molar-refractivity contribution >= 4 is 21.8 Å². The minimum absolute atomic E-state index is 0.0122. The normalized spacial score (nSPS) is 19.9. The Morgan fingerprint density at radius 2 is 1.31 bits per heavy atom. The second-order valence-corrected chi connectivity index (χ2v) is 15.3. The molecule has 0 aromatic heterocycles. The zero-order chi connectivity index (χ0) is 38.5. The van der Waals surface area contributed by atoms with Gasteiger partial charge in [0, 0.05) is 37.3 Å². The summed E-state index contributed by atoms with van der Waals surface area (Å²) in [6.07, 6.45) is -12.7. The van der Waals surface area contributed by atoms with E-state index in [4.69, 9.17) is 0 Å². The van der Waals surface area contributed by atoms with Gasteiger partial charge in [0.15, 0.2) is 9.84 Å². The van der Waals surface area contributed by atoms with Gasteiger partial charge in [-0.25, -0.2) is 26.4 Å². The largest absolute Gasteiger partial charge is 0.481 e. The highest BCUT2D eigenvalue weighted by Crippen LogP contribution is 2.54. The number of hydrogen-bond donors (Lipinski definition) is 1. The van der Waals surface area contributed by atoms with Crippen molar-refractivity contribution in [1.29, 1.82) is 0 Å². The number of rotatable bonds is 8. The van der Waals surface area contributed by atoms with Crippen LogP contribution in [0.1, 0.15) is 42.9 Å². The quantitative estimate of drug-likeness (QED) is 0.191. The number of alkyl halides is 6. The topological polar surface area (TPSA) is 104 Å². The number of aliphatic carboxylic acids is 1. The van der Waals surface area contributed by atoms with Gasteiger partial charge in [-0.15, -0.1) is 0 Å². The summed E-state index contributed by atoms with van der Waals surface area (Å²) in [5.74, 6) is -4.77. The monoisotopic (exact) mass is 766 g/mol. The number of sulfone groups is 1. The molecule has 3 aromatic rings. The lowest BCUT2D eigenvalue weighted by Gasteiger charge is -2.39. The average molecular weight is 767 g/mol. The van der Waals surface area contributed by atoms with E-state index in [9.17, 15) is 62.6 Å². The van der Waals surface area contributed by atoms with Gasteiger partial charge in [0.1, 0.15) is 22.2 Å². The molecule has 52 heavy (non-hydrogen) atoms. The first-order chi connectivity index (χ1) is 24.1. The van der Waals surface area contributed by atoms with Gasteiger partial charge in [-0.1, -0.05) is 30.3 Å². The summed E-state index contributed by atoms with van der Waals surface area (Å²) in [6.45, 7) is -1.10. The van der Waals surface area contributed by atoms with Gasteiger partial charge < -0.3 is 19.6 Å². The molecule has 2 fully saturated rings. The van der Waals surface area contributed by atoms with Crippen LogP contribution in [0.3, 0.4) is 0 Å². The molecule has 2 aliphatic heterocycles. The van der Waals surface area contributed by atoms with Crippen molar-refractivity contribution in [3.05, 3.63) is 101 Å². The Labute approximate surface area is 291 Å². The van der Waals surface area contributed by atoms with Crippen LogP contribution in [0, 0.1) is 22.9 Å². The maximum Gasteiger partial charge on any atom is 0.430 e. The van der Waals surface area contributed by atoms with Crippen LogP contribution < -0.4 is 0 Å². The summed E-state index contributed by atoms with van der Waals surface area (Å²) in [5, 5.41) is 9.54. The maximum atomic E-state index is 14.5.